The normalized spacial score (nSPS) is 13.9. The first-order valence-electron chi connectivity index (χ1n) is 9.30. The van der Waals surface area contributed by atoms with Gasteiger partial charge in [-0.05, 0) is 42.5 Å². The monoisotopic (exact) mass is 437 g/mol. The largest absolute Gasteiger partial charge is 0.352 e. The molecule has 1 aromatic carbocycles. The summed E-state index contributed by atoms with van der Waals surface area (Å²) in [6, 6.07) is 7.30. The van der Waals surface area contributed by atoms with E-state index in [2.05, 4.69) is 10.6 Å². The number of carbonyl (C=O) groups is 3. The maximum atomic E-state index is 13.5. The van der Waals surface area contributed by atoms with E-state index in [4.69, 9.17) is 11.6 Å². The minimum atomic E-state index is -0.621. The van der Waals surface area contributed by atoms with Crippen LogP contribution in [0.5, 0.6) is 0 Å². The number of hydrogen-bond donors (Lipinski definition) is 2. The topological polar surface area (TPSA) is 78.5 Å². The van der Waals surface area contributed by atoms with E-state index in [9.17, 15) is 18.8 Å². The molecule has 0 unspecified atom stereocenters. The van der Waals surface area contributed by atoms with Crippen molar-refractivity contribution in [2.24, 2.45) is 0 Å². The van der Waals surface area contributed by atoms with E-state index in [0.717, 1.165) is 31.7 Å². The van der Waals surface area contributed by atoms with Gasteiger partial charge < -0.3 is 15.5 Å². The van der Waals surface area contributed by atoms with Crippen LogP contribution in [0.3, 0.4) is 0 Å². The molecule has 3 amide bonds. The Bertz CT molecular complexity index is 885. The Balaban J connectivity index is 1.70. The summed E-state index contributed by atoms with van der Waals surface area (Å²) in [4.78, 5) is 39.0. The quantitative estimate of drug-likeness (QED) is 0.697. The van der Waals surface area contributed by atoms with E-state index in [1.165, 1.54) is 28.4 Å². The van der Waals surface area contributed by atoms with E-state index < -0.39 is 11.7 Å². The first-order chi connectivity index (χ1) is 13.9. The second-order valence-electron chi connectivity index (χ2n) is 6.79. The van der Waals surface area contributed by atoms with E-state index in [1.54, 1.807) is 17.5 Å². The highest BCUT2D eigenvalue weighted by molar-refractivity contribution is 7.12. The van der Waals surface area contributed by atoms with Gasteiger partial charge in [-0.1, -0.05) is 30.5 Å². The molecule has 0 saturated heterocycles. The number of anilines is 1. The highest BCUT2D eigenvalue weighted by Crippen LogP contribution is 2.23. The molecule has 0 bridgehead atoms. The van der Waals surface area contributed by atoms with E-state index in [-0.39, 0.29) is 41.7 Å². The molecule has 1 heterocycles. The Hall–Kier alpha value is -2.45. The van der Waals surface area contributed by atoms with E-state index in [0.29, 0.717) is 4.88 Å². The molecular weight excluding hydrogens is 417 g/mol. The maximum Gasteiger partial charge on any atom is 0.261 e. The predicted octanol–water partition coefficient (Wildman–Crippen LogP) is 3.36. The van der Waals surface area contributed by atoms with Gasteiger partial charge in [0.25, 0.3) is 5.91 Å². The fourth-order valence-electron chi connectivity index (χ4n) is 3.21. The summed E-state index contributed by atoms with van der Waals surface area (Å²) in [6.45, 7) is -0.547. The summed E-state index contributed by atoms with van der Waals surface area (Å²) < 4.78 is 13.5. The Morgan fingerprint density at radius 2 is 1.97 bits per heavy atom. The predicted molar refractivity (Wildman–Crippen MR) is 111 cm³/mol. The van der Waals surface area contributed by atoms with Gasteiger partial charge in [0.15, 0.2) is 0 Å². The van der Waals surface area contributed by atoms with Crippen molar-refractivity contribution in [1.29, 1.82) is 0 Å². The van der Waals surface area contributed by atoms with Crippen LogP contribution in [-0.2, 0) is 9.59 Å². The van der Waals surface area contributed by atoms with Gasteiger partial charge in [0.1, 0.15) is 12.4 Å². The molecule has 3 rings (SSSR count). The maximum absolute atomic E-state index is 13.5. The van der Waals surface area contributed by atoms with Crippen molar-refractivity contribution in [3.63, 3.8) is 0 Å². The SMILES string of the molecule is O=C(CN(C(=O)CNC(=O)c1cccs1)c1ccc(F)c(Cl)c1)NC1CCCC1. The van der Waals surface area contributed by atoms with Crippen LogP contribution in [0.2, 0.25) is 5.02 Å². The van der Waals surface area contributed by atoms with Crippen molar-refractivity contribution in [3.8, 4) is 0 Å². The van der Waals surface area contributed by atoms with Crippen molar-refractivity contribution >= 4 is 46.3 Å². The third-order valence-electron chi connectivity index (χ3n) is 4.68. The van der Waals surface area contributed by atoms with Gasteiger partial charge in [0, 0.05) is 11.7 Å². The van der Waals surface area contributed by atoms with Gasteiger partial charge in [-0.25, -0.2) is 4.39 Å². The molecule has 0 aliphatic heterocycles. The van der Waals surface area contributed by atoms with Crippen LogP contribution < -0.4 is 15.5 Å². The lowest BCUT2D eigenvalue weighted by Crippen LogP contribution is -2.47. The first kappa shape index (κ1) is 21.3. The van der Waals surface area contributed by atoms with Crippen molar-refractivity contribution in [1.82, 2.24) is 10.6 Å². The number of amides is 3. The Kier molecular flexibility index (Phi) is 7.22. The molecule has 6 nitrogen and oxygen atoms in total. The van der Waals surface area contributed by atoms with Crippen LogP contribution in [0.25, 0.3) is 0 Å². The van der Waals surface area contributed by atoms with Crippen molar-refractivity contribution in [3.05, 3.63) is 51.4 Å². The van der Waals surface area contributed by atoms with Crippen LogP contribution in [0.4, 0.5) is 10.1 Å². The fourth-order valence-corrected chi connectivity index (χ4v) is 4.02. The number of carbonyl (C=O) groups excluding carboxylic acids is 3. The molecule has 1 aromatic heterocycles. The average Bonchev–Trinajstić information content (AvgIpc) is 3.40. The van der Waals surface area contributed by atoms with Crippen LogP contribution in [0.1, 0.15) is 35.4 Å². The summed E-state index contributed by atoms with van der Waals surface area (Å²) in [7, 11) is 0. The minimum absolute atomic E-state index is 0.106. The fraction of sp³-hybridized carbons (Fsp3) is 0.350. The molecule has 29 heavy (non-hydrogen) atoms. The summed E-state index contributed by atoms with van der Waals surface area (Å²) in [5, 5.41) is 7.08. The van der Waals surface area contributed by atoms with Crippen LogP contribution in [0, 0.1) is 5.82 Å². The Morgan fingerprint density at radius 3 is 2.62 bits per heavy atom. The Morgan fingerprint density at radius 1 is 1.21 bits per heavy atom. The summed E-state index contributed by atoms with van der Waals surface area (Å²) >= 11 is 7.11. The summed E-state index contributed by atoms with van der Waals surface area (Å²) in [6.07, 6.45) is 3.96. The van der Waals surface area contributed by atoms with Gasteiger partial charge in [0.2, 0.25) is 11.8 Å². The lowest BCUT2D eigenvalue weighted by atomic mass is 10.2. The summed E-state index contributed by atoms with van der Waals surface area (Å²) in [5.74, 6) is -1.81. The standard InChI is InChI=1S/C20H21ClFN3O3S/c21-15-10-14(7-8-16(15)22)25(12-18(26)24-13-4-1-2-5-13)19(27)11-23-20(28)17-6-3-9-29-17/h3,6-10,13H,1-2,4-5,11-12H2,(H,23,28)(H,24,26). The molecule has 2 N–H and O–H groups in total. The molecule has 1 saturated carbocycles. The van der Waals surface area contributed by atoms with Gasteiger partial charge >= 0.3 is 0 Å². The molecular formula is C20H21ClFN3O3S. The number of halogens is 2. The molecule has 0 spiro atoms. The number of nitrogens with zero attached hydrogens (tertiary/aromatic N) is 1. The van der Waals surface area contributed by atoms with Gasteiger partial charge in [-0.15, -0.1) is 11.3 Å². The lowest BCUT2D eigenvalue weighted by molar-refractivity contribution is -0.123. The van der Waals surface area contributed by atoms with Crippen LogP contribution in [0.15, 0.2) is 35.7 Å². The zero-order chi connectivity index (χ0) is 20.8. The average molecular weight is 438 g/mol. The molecule has 9 heteroatoms. The second kappa shape index (κ2) is 9.84. The van der Waals surface area contributed by atoms with E-state index in [1.807, 2.05) is 0 Å². The Labute approximate surface area is 177 Å². The van der Waals surface area contributed by atoms with Crippen molar-refractivity contribution in [2.75, 3.05) is 18.0 Å². The van der Waals surface area contributed by atoms with Crippen LogP contribution >= 0.6 is 22.9 Å². The van der Waals surface area contributed by atoms with Gasteiger partial charge in [-0.3, -0.25) is 14.4 Å². The third-order valence-corrected chi connectivity index (χ3v) is 5.84. The minimum Gasteiger partial charge on any atom is -0.352 e. The number of rotatable bonds is 7. The smallest absolute Gasteiger partial charge is 0.261 e. The molecule has 1 aliphatic carbocycles. The van der Waals surface area contributed by atoms with Crippen molar-refractivity contribution in [2.45, 2.75) is 31.7 Å². The molecule has 0 atom stereocenters. The van der Waals surface area contributed by atoms with Gasteiger partial charge in [0.05, 0.1) is 16.4 Å². The van der Waals surface area contributed by atoms with Crippen molar-refractivity contribution < 1.29 is 18.8 Å². The summed E-state index contributed by atoms with van der Waals surface area (Å²) in [5.41, 5.74) is 0.286. The molecule has 0 radical (unpaired) electrons. The first-order valence-corrected chi connectivity index (χ1v) is 10.6. The number of nitrogens with one attached hydrogen (secondary N) is 2. The van der Waals surface area contributed by atoms with E-state index >= 15 is 0 Å². The number of benzene rings is 1. The zero-order valence-corrected chi connectivity index (χ0v) is 17.2. The molecule has 1 fully saturated rings. The molecule has 2 aromatic rings. The lowest BCUT2D eigenvalue weighted by Gasteiger charge is -2.24. The number of hydrogen-bond acceptors (Lipinski definition) is 4. The highest BCUT2D eigenvalue weighted by Gasteiger charge is 2.23. The zero-order valence-electron chi connectivity index (χ0n) is 15.6. The third kappa shape index (κ3) is 5.77. The van der Waals surface area contributed by atoms with Crippen LogP contribution in [-0.4, -0.2) is 36.9 Å². The number of thiophene rings is 1. The molecule has 1 aliphatic rings. The highest BCUT2D eigenvalue weighted by atomic mass is 35.5. The van der Waals surface area contributed by atoms with Gasteiger partial charge in [-0.2, -0.15) is 0 Å². The molecule has 154 valence electrons. The second-order valence-corrected chi connectivity index (χ2v) is 8.14.